The number of rotatable bonds is 5. The maximum atomic E-state index is 5.30. The van der Waals surface area contributed by atoms with Crippen LogP contribution in [0.4, 0.5) is 0 Å². The number of nitrogens with zero attached hydrogens (tertiary/aromatic N) is 4. The number of hydrogen-bond donors (Lipinski definition) is 0. The van der Waals surface area contributed by atoms with Gasteiger partial charge in [0.15, 0.2) is 5.82 Å². The Kier molecular flexibility index (Phi) is 4.46. The summed E-state index contributed by atoms with van der Waals surface area (Å²) >= 11 is 0. The zero-order chi connectivity index (χ0) is 17.9. The van der Waals surface area contributed by atoms with Crippen molar-refractivity contribution in [2.24, 2.45) is 0 Å². The molecule has 5 heteroatoms. The van der Waals surface area contributed by atoms with Gasteiger partial charge in [-0.15, -0.1) is 0 Å². The highest BCUT2D eigenvalue weighted by Gasteiger charge is 2.12. The van der Waals surface area contributed by atoms with Gasteiger partial charge in [-0.2, -0.15) is 5.10 Å². The highest BCUT2D eigenvalue weighted by molar-refractivity contribution is 5.91. The van der Waals surface area contributed by atoms with E-state index in [1.54, 1.807) is 13.3 Å². The van der Waals surface area contributed by atoms with Gasteiger partial charge in [-0.05, 0) is 29.0 Å². The molecule has 0 radical (unpaired) electrons. The van der Waals surface area contributed by atoms with E-state index in [0.29, 0.717) is 6.61 Å². The third kappa shape index (κ3) is 2.86. The highest BCUT2D eigenvalue weighted by Crippen LogP contribution is 2.27. The van der Waals surface area contributed by atoms with E-state index in [1.807, 2.05) is 41.6 Å². The van der Waals surface area contributed by atoms with Gasteiger partial charge < -0.3 is 4.74 Å². The van der Waals surface area contributed by atoms with Gasteiger partial charge in [0.05, 0.1) is 12.8 Å². The summed E-state index contributed by atoms with van der Waals surface area (Å²) in [6.45, 7) is 2.68. The molecule has 3 aromatic heterocycles. The van der Waals surface area contributed by atoms with E-state index in [2.05, 4.69) is 40.2 Å². The minimum absolute atomic E-state index is 0.537. The number of benzene rings is 1. The Balaban J connectivity index is 1.82. The van der Waals surface area contributed by atoms with Crippen LogP contribution in [0.2, 0.25) is 0 Å². The molecule has 3 heterocycles. The largest absolute Gasteiger partial charge is 0.380 e. The third-order valence-corrected chi connectivity index (χ3v) is 4.56. The molecule has 0 saturated heterocycles. The van der Waals surface area contributed by atoms with Gasteiger partial charge in [-0.1, -0.05) is 31.2 Å². The molecule has 0 N–H and O–H groups in total. The summed E-state index contributed by atoms with van der Waals surface area (Å²) in [5.74, 6) is 0.834. The lowest BCUT2D eigenvalue weighted by atomic mass is 10.1. The number of aryl methyl sites for hydroxylation is 1. The van der Waals surface area contributed by atoms with Gasteiger partial charge in [0.25, 0.3) is 0 Å². The number of methoxy groups -OCH3 is 1. The first kappa shape index (κ1) is 16.4. The lowest BCUT2D eigenvalue weighted by Gasteiger charge is -2.09. The molecule has 0 aliphatic carbocycles. The lowest BCUT2D eigenvalue weighted by molar-refractivity contribution is 0.185. The van der Waals surface area contributed by atoms with Crippen molar-refractivity contribution in [3.05, 3.63) is 72.4 Å². The second kappa shape index (κ2) is 7.06. The average Bonchev–Trinajstić information content (AvgIpc) is 3.17. The highest BCUT2D eigenvalue weighted by atomic mass is 16.5. The number of hydrogen-bond acceptors (Lipinski definition) is 4. The molecule has 4 aromatic rings. The van der Waals surface area contributed by atoms with Gasteiger partial charge in [-0.25, -0.2) is 9.67 Å². The van der Waals surface area contributed by atoms with Crippen molar-refractivity contribution in [2.45, 2.75) is 20.0 Å². The quantitative estimate of drug-likeness (QED) is 0.545. The minimum Gasteiger partial charge on any atom is -0.380 e. The molecule has 4 rings (SSSR count). The molecule has 0 unspecified atom stereocenters. The third-order valence-electron chi connectivity index (χ3n) is 4.56. The van der Waals surface area contributed by atoms with Crippen molar-refractivity contribution >= 4 is 10.8 Å². The first-order valence-electron chi connectivity index (χ1n) is 8.65. The molecule has 5 nitrogen and oxygen atoms in total. The number of fused-ring (bicyclic) bond motifs is 1. The Labute approximate surface area is 152 Å². The molecule has 0 bridgehead atoms. The second-order valence-corrected chi connectivity index (χ2v) is 6.15. The van der Waals surface area contributed by atoms with E-state index in [0.717, 1.165) is 34.3 Å². The summed E-state index contributed by atoms with van der Waals surface area (Å²) in [4.78, 5) is 8.92. The van der Waals surface area contributed by atoms with Gasteiger partial charge in [-0.3, -0.25) is 4.98 Å². The van der Waals surface area contributed by atoms with Crippen LogP contribution < -0.4 is 0 Å². The van der Waals surface area contributed by atoms with Crippen molar-refractivity contribution in [1.29, 1.82) is 0 Å². The van der Waals surface area contributed by atoms with E-state index >= 15 is 0 Å². The Morgan fingerprint density at radius 1 is 1.00 bits per heavy atom. The van der Waals surface area contributed by atoms with Crippen LogP contribution in [-0.2, 0) is 17.8 Å². The minimum atomic E-state index is 0.537. The molecular weight excluding hydrogens is 324 g/mol. The molecule has 130 valence electrons. The predicted octanol–water partition coefficient (Wildman–Crippen LogP) is 4.19. The van der Waals surface area contributed by atoms with E-state index in [9.17, 15) is 0 Å². The van der Waals surface area contributed by atoms with Crippen molar-refractivity contribution < 1.29 is 4.74 Å². The Bertz CT molecular complexity index is 1050. The number of ether oxygens (including phenoxy) is 1. The SMILES string of the molecule is CCc1cnc(-n2cc(-c3cnccc3COC)cn2)c2ccccc12. The summed E-state index contributed by atoms with van der Waals surface area (Å²) in [5, 5.41) is 6.88. The van der Waals surface area contributed by atoms with E-state index in [4.69, 9.17) is 4.74 Å². The van der Waals surface area contributed by atoms with Gasteiger partial charge in [0.1, 0.15) is 0 Å². The van der Waals surface area contributed by atoms with Crippen LogP contribution in [0, 0.1) is 0 Å². The van der Waals surface area contributed by atoms with Gasteiger partial charge >= 0.3 is 0 Å². The summed E-state index contributed by atoms with van der Waals surface area (Å²) in [5.41, 5.74) is 4.35. The lowest BCUT2D eigenvalue weighted by Crippen LogP contribution is -2.00. The molecule has 0 spiro atoms. The maximum absolute atomic E-state index is 5.30. The van der Waals surface area contributed by atoms with Crippen molar-refractivity contribution in [1.82, 2.24) is 19.7 Å². The summed E-state index contributed by atoms with van der Waals surface area (Å²) in [6, 6.07) is 10.3. The van der Waals surface area contributed by atoms with Crippen LogP contribution in [0.3, 0.4) is 0 Å². The van der Waals surface area contributed by atoms with Crippen molar-refractivity contribution in [3.63, 3.8) is 0 Å². The molecule has 0 saturated carbocycles. The van der Waals surface area contributed by atoms with E-state index in [-0.39, 0.29) is 0 Å². The molecule has 0 aliphatic rings. The monoisotopic (exact) mass is 344 g/mol. The summed E-state index contributed by atoms with van der Waals surface area (Å²) in [7, 11) is 1.69. The Hall–Kier alpha value is -3.05. The van der Waals surface area contributed by atoms with Crippen LogP contribution in [0.1, 0.15) is 18.1 Å². The fraction of sp³-hybridized carbons (Fsp3) is 0.190. The fourth-order valence-corrected chi connectivity index (χ4v) is 3.24. The Morgan fingerprint density at radius 2 is 1.85 bits per heavy atom. The van der Waals surface area contributed by atoms with Crippen molar-refractivity contribution in [3.8, 4) is 16.9 Å². The predicted molar refractivity (Wildman–Crippen MR) is 102 cm³/mol. The topological polar surface area (TPSA) is 52.8 Å². The zero-order valence-corrected chi connectivity index (χ0v) is 14.9. The summed E-state index contributed by atoms with van der Waals surface area (Å²) < 4.78 is 7.13. The smallest absolute Gasteiger partial charge is 0.161 e. The van der Waals surface area contributed by atoms with Crippen LogP contribution in [0.25, 0.3) is 27.7 Å². The molecule has 26 heavy (non-hydrogen) atoms. The normalized spacial score (nSPS) is 11.2. The molecule has 0 fully saturated rings. The molecule has 1 aromatic carbocycles. The zero-order valence-electron chi connectivity index (χ0n) is 14.9. The first-order valence-corrected chi connectivity index (χ1v) is 8.65. The van der Waals surface area contributed by atoms with Gasteiger partial charge in [0.2, 0.25) is 0 Å². The van der Waals surface area contributed by atoms with E-state index in [1.165, 1.54) is 10.9 Å². The van der Waals surface area contributed by atoms with Gasteiger partial charge in [0, 0.05) is 48.4 Å². The standard InChI is InChI=1S/C21H20N4O/c1-3-15-10-23-21(19-7-5-4-6-18(15)19)25-13-17(11-24-25)20-12-22-9-8-16(20)14-26-2/h4-13H,3,14H2,1-2H3. The number of aromatic nitrogens is 4. The molecule has 0 atom stereocenters. The fourth-order valence-electron chi connectivity index (χ4n) is 3.24. The maximum Gasteiger partial charge on any atom is 0.161 e. The van der Waals surface area contributed by atoms with Crippen LogP contribution >= 0.6 is 0 Å². The van der Waals surface area contributed by atoms with Crippen LogP contribution in [0.5, 0.6) is 0 Å². The second-order valence-electron chi connectivity index (χ2n) is 6.15. The van der Waals surface area contributed by atoms with Crippen LogP contribution in [-0.4, -0.2) is 26.9 Å². The summed E-state index contributed by atoms with van der Waals surface area (Å²) in [6.07, 6.45) is 10.4. The van der Waals surface area contributed by atoms with Crippen LogP contribution in [0.15, 0.2) is 61.3 Å². The molecule has 0 amide bonds. The number of pyridine rings is 2. The van der Waals surface area contributed by atoms with Crippen molar-refractivity contribution in [2.75, 3.05) is 7.11 Å². The molecular formula is C21H20N4O. The van der Waals surface area contributed by atoms with E-state index < -0.39 is 0 Å². The Morgan fingerprint density at radius 3 is 2.65 bits per heavy atom. The molecule has 0 aliphatic heterocycles. The average molecular weight is 344 g/mol. The first-order chi connectivity index (χ1) is 12.8.